The number of ether oxygens (including phenoxy) is 3. The van der Waals surface area contributed by atoms with E-state index in [1.54, 1.807) is 6.07 Å². The molecule has 49 heavy (non-hydrogen) atoms. The number of nitrogens with one attached hydrogen (secondary N) is 1. The van der Waals surface area contributed by atoms with Gasteiger partial charge in [0.25, 0.3) is 5.91 Å². The maximum Gasteiger partial charge on any atom is 0.262 e. The summed E-state index contributed by atoms with van der Waals surface area (Å²) >= 11 is 6.49. The van der Waals surface area contributed by atoms with E-state index in [4.69, 9.17) is 25.8 Å². The molecule has 2 fully saturated rings. The first kappa shape index (κ1) is 35.1. The van der Waals surface area contributed by atoms with E-state index in [0.717, 1.165) is 87.5 Å². The molecule has 1 amide bonds. The molecule has 268 valence electrons. The first-order chi connectivity index (χ1) is 23.4. The van der Waals surface area contributed by atoms with E-state index in [9.17, 15) is 9.00 Å². The highest BCUT2D eigenvalue weighted by Crippen LogP contribution is 2.49. The van der Waals surface area contributed by atoms with Crippen LogP contribution in [0.25, 0.3) is 0 Å². The van der Waals surface area contributed by atoms with E-state index in [1.807, 2.05) is 25.1 Å². The minimum atomic E-state index is -2.90. The molecule has 8 nitrogen and oxygen atoms in total. The second-order valence-corrected chi connectivity index (χ2v) is 18.8. The fraction of sp³-hybridized carbons (Fsp3) is 0.641. The van der Waals surface area contributed by atoms with Crippen molar-refractivity contribution in [2.24, 2.45) is 23.7 Å². The average Bonchev–Trinajstić information content (AvgIpc) is 3.44. The van der Waals surface area contributed by atoms with Gasteiger partial charge in [-0.15, -0.1) is 0 Å². The summed E-state index contributed by atoms with van der Waals surface area (Å²) in [6.45, 7) is 7.77. The summed E-state index contributed by atoms with van der Waals surface area (Å²) in [6.07, 6.45) is 8.14. The van der Waals surface area contributed by atoms with E-state index < -0.39 is 9.71 Å². The van der Waals surface area contributed by atoms with Crippen LogP contribution in [0.1, 0.15) is 80.3 Å². The van der Waals surface area contributed by atoms with Crippen molar-refractivity contribution in [3.63, 3.8) is 0 Å². The Hall–Kier alpha value is -2.30. The maximum absolute atomic E-state index is 13.9. The minimum absolute atomic E-state index is 0.0741. The predicted octanol–water partition coefficient (Wildman–Crippen LogP) is 6.33. The third kappa shape index (κ3) is 7.12. The van der Waals surface area contributed by atoms with Gasteiger partial charge in [0.15, 0.2) is 6.29 Å². The number of anilines is 1. The van der Waals surface area contributed by atoms with Gasteiger partial charge in [0, 0.05) is 46.8 Å². The van der Waals surface area contributed by atoms with Crippen molar-refractivity contribution in [2.75, 3.05) is 51.8 Å². The smallest absolute Gasteiger partial charge is 0.262 e. The molecule has 1 N–H and O–H groups in total. The van der Waals surface area contributed by atoms with Gasteiger partial charge in [-0.25, -0.2) is 4.21 Å². The topological polar surface area (TPSA) is 80.3 Å². The van der Waals surface area contributed by atoms with Gasteiger partial charge in [0.2, 0.25) is 0 Å². The van der Waals surface area contributed by atoms with Gasteiger partial charge < -0.3 is 24.0 Å². The van der Waals surface area contributed by atoms with E-state index in [2.05, 4.69) is 53.5 Å². The van der Waals surface area contributed by atoms with E-state index >= 15 is 0 Å². The van der Waals surface area contributed by atoms with Crippen molar-refractivity contribution in [3.8, 4) is 5.75 Å². The van der Waals surface area contributed by atoms with Gasteiger partial charge in [-0.2, -0.15) is 0 Å². The Labute approximate surface area is 298 Å². The highest BCUT2D eigenvalue weighted by atomic mass is 35.5. The molecular weight excluding hydrogens is 658 g/mol. The Kier molecular flexibility index (Phi) is 10.0. The van der Waals surface area contributed by atoms with Crippen molar-refractivity contribution in [1.82, 2.24) is 9.62 Å². The number of amides is 1. The fourth-order valence-electron chi connectivity index (χ4n) is 9.27. The number of benzene rings is 2. The van der Waals surface area contributed by atoms with Gasteiger partial charge >= 0.3 is 0 Å². The largest absolute Gasteiger partial charge is 0.490 e. The van der Waals surface area contributed by atoms with Crippen molar-refractivity contribution < 1.29 is 23.2 Å². The van der Waals surface area contributed by atoms with Gasteiger partial charge in [0.05, 0.1) is 34.7 Å². The van der Waals surface area contributed by atoms with Gasteiger partial charge in [-0.3, -0.25) is 9.52 Å². The lowest BCUT2D eigenvalue weighted by molar-refractivity contribution is -0.134. The number of carbonyl (C=O) groups is 1. The number of rotatable bonds is 3. The van der Waals surface area contributed by atoms with Crippen LogP contribution in [0.4, 0.5) is 5.69 Å². The molecule has 5 aliphatic rings. The summed E-state index contributed by atoms with van der Waals surface area (Å²) in [4.78, 5) is 18.4. The van der Waals surface area contributed by atoms with Crippen molar-refractivity contribution in [2.45, 2.75) is 88.3 Å². The molecule has 0 aromatic heterocycles. The van der Waals surface area contributed by atoms with E-state index in [0.29, 0.717) is 30.6 Å². The van der Waals surface area contributed by atoms with Crippen LogP contribution in [-0.2, 0) is 31.0 Å². The first-order valence-electron chi connectivity index (χ1n) is 18.3. The number of hydrogen-bond donors (Lipinski definition) is 1. The average molecular weight is 712 g/mol. The third-order valence-electron chi connectivity index (χ3n) is 12.3. The molecule has 2 aliphatic carbocycles. The molecule has 1 spiro atoms. The van der Waals surface area contributed by atoms with Crippen LogP contribution in [0, 0.1) is 23.7 Å². The van der Waals surface area contributed by atoms with Crippen LogP contribution in [0.3, 0.4) is 0 Å². The quantitative estimate of drug-likeness (QED) is 0.373. The summed E-state index contributed by atoms with van der Waals surface area (Å²) in [5, 5.41) is 0.496. The fourth-order valence-corrected chi connectivity index (χ4v) is 11.0. The Morgan fingerprint density at radius 1 is 1.08 bits per heavy atom. The van der Waals surface area contributed by atoms with E-state index in [1.165, 1.54) is 11.1 Å². The second-order valence-electron chi connectivity index (χ2n) is 15.9. The SMILES string of the molecule is C=S1(=O)NC(=O)c2ccc3c(c2)N(C[C@@H]2CC[C@H]2[C@H]([C@@H]2OC[C@@H](CN(C)C)O2)CCC[C@H](C)[C@H]1C)C[C@@]1(CCCc2cc(Cl)ccc21)CO3. The maximum atomic E-state index is 13.9. The van der Waals surface area contributed by atoms with Crippen LogP contribution >= 0.6 is 11.6 Å². The number of nitrogens with zero attached hydrogens (tertiary/aromatic N) is 2. The Morgan fingerprint density at radius 3 is 2.69 bits per heavy atom. The summed E-state index contributed by atoms with van der Waals surface area (Å²) in [7, 11) is 1.26. The molecule has 0 radical (unpaired) electrons. The Bertz CT molecular complexity index is 1650. The first-order valence-corrected chi connectivity index (χ1v) is 20.5. The van der Waals surface area contributed by atoms with E-state index in [-0.39, 0.29) is 40.8 Å². The zero-order valence-electron chi connectivity index (χ0n) is 29.6. The minimum Gasteiger partial charge on any atom is -0.490 e. The number of halogens is 1. The predicted molar refractivity (Wildman–Crippen MR) is 198 cm³/mol. The number of carbonyl (C=O) groups excluding carboxylic acids is 1. The van der Waals surface area contributed by atoms with Crippen molar-refractivity contribution >= 4 is 38.8 Å². The zero-order valence-corrected chi connectivity index (χ0v) is 31.2. The molecule has 1 saturated heterocycles. The molecule has 2 aromatic carbocycles. The van der Waals surface area contributed by atoms with Crippen LogP contribution in [0.15, 0.2) is 36.4 Å². The highest BCUT2D eigenvalue weighted by Gasteiger charge is 2.47. The van der Waals surface area contributed by atoms with Crippen LogP contribution in [0.2, 0.25) is 5.02 Å². The highest BCUT2D eigenvalue weighted by molar-refractivity contribution is 7.99. The molecular formula is C39H54ClN3O5S. The molecule has 10 heteroatoms. The van der Waals surface area contributed by atoms with Crippen molar-refractivity contribution in [3.05, 3.63) is 58.1 Å². The molecule has 3 aliphatic heterocycles. The lowest BCUT2D eigenvalue weighted by Gasteiger charge is -2.47. The normalized spacial score (nSPS) is 36.7. The number of aryl methyl sites for hydroxylation is 1. The summed E-state index contributed by atoms with van der Waals surface area (Å²) < 4.78 is 36.6. The van der Waals surface area contributed by atoms with Crippen LogP contribution in [-0.4, -0.2) is 85.5 Å². The molecule has 9 atom stereocenters. The van der Waals surface area contributed by atoms with Crippen LogP contribution in [0.5, 0.6) is 5.75 Å². The standard InChI is InChI=1S/C39H54ClN3O5S/c1-25-8-6-10-33(38-46-22-31(48-38)21-42(3)4)32-14-11-29(32)20-43-23-39(17-7-9-27-18-30(40)13-15-34(27)39)24-47-36-16-12-28(19-35(36)43)37(44)41-49(5,45)26(25)2/h12-13,15-16,18-19,25-26,29,31-33,38H,5-11,14,17,20-24H2,1-4H3,(H,41,44,45)/t25-,26+,29-,31+,32+,33+,38+,39-,49?/m0/s1. The number of fused-ring (bicyclic) bond motifs is 4. The molecule has 1 unspecified atom stereocenters. The molecule has 2 bridgehead atoms. The lowest BCUT2D eigenvalue weighted by atomic mass is 9.64. The second kappa shape index (κ2) is 14.0. The Balaban J connectivity index is 1.27. The summed E-state index contributed by atoms with van der Waals surface area (Å²) in [5.41, 5.74) is 3.83. The molecule has 3 heterocycles. The monoisotopic (exact) mass is 711 g/mol. The molecule has 7 rings (SSSR count). The van der Waals surface area contributed by atoms with Gasteiger partial charge in [-0.05, 0) is 131 Å². The summed E-state index contributed by atoms with van der Waals surface area (Å²) in [5.74, 6) is 5.83. The lowest BCUT2D eigenvalue weighted by Crippen LogP contribution is -2.50. The zero-order chi connectivity index (χ0) is 34.5. The third-order valence-corrected chi connectivity index (χ3v) is 14.8. The molecule has 1 saturated carbocycles. The summed E-state index contributed by atoms with van der Waals surface area (Å²) in [6, 6.07) is 12.0. The molecule has 2 aromatic rings. The number of hydrogen-bond acceptors (Lipinski definition) is 7. The van der Waals surface area contributed by atoms with Gasteiger partial charge in [0.1, 0.15) is 5.75 Å². The Morgan fingerprint density at radius 2 is 1.92 bits per heavy atom. The van der Waals surface area contributed by atoms with Crippen LogP contribution < -0.4 is 14.4 Å². The number of likely N-dealkylation sites (N-methyl/N-ethyl adjacent to an activating group) is 1. The van der Waals surface area contributed by atoms with Gasteiger partial charge in [-0.1, -0.05) is 31.0 Å². The van der Waals surface area contributed by atoms with Crippen molar-refractivity contribution in [1.29, 1.82) is 0 Å².